The molecule has 514 valence electrons. The van der Waals surface area contributed by atoms with Crippen LogP contribution in [0.5, 0.6) is 0 Å². The number of cyclic esters (lactones) is 2. The maximum absolute atomic E-state index is 15.4. The van der Waals surface area contributed by atoms with E-state index in [0.717, 1.165) is 0 Å². The monoisotopic (exact) mass is 1310 g/mol. The summed E-state index contributed by atoms with van der Waals surface area (Å²) in [6.45, 7) is 23.3. The van der Waals surface area contributed by atoms with Crippen molar-refractivity contribution in [3.63, 3.8) is 0 Å². The number of carbonyl (C=O) groups is 12. The van der Waals surface area contributed by atoms with Crippen molar-refractivity contribution < 1.29 is 71.4 Å². The standard InChI is InChI=1S/C70H98N8O16/c1-17-33(5)44-29-48(79)56(41(13)92-69(90)52(35(7)19-3)38(10)50(81)31-75(15)67(88)46-23-21-27-77(46)65(44)86)73-63(84)43-26-25-37(9)61-58(43)72-59-54(55(71)60(83)40(12)62(59)94-61)64(85)74-57-42(14)93-70(91)53(36(8)20-4)39(11)51(82)32-76(16)68(89)47-24-22-28-78(47)66(87)45(30-49(57)80)34(6)18-2/h25-26,33-36,38-39,41-42,44-47,52-53,56-57H,17-24,27-32,71H2,1-16H3,(H,73,84)(H,74,85). The van der Waals surface area contributed by atoms with Crippen molar-refractivity contribution in [3.8, 4) is 11.5 Å². The molecule has 94 heavy (non-hydrogen) atoms. The van der Waals surface area contributed by atoms with Crippen molar-refractivity contribution in [2.75, 3.05) is 46.0 Å². The van der Waals surface area contributed by atoms with E-state index in [1.807, 2.05) is 34.6 Å². The molecule has 16 unspecified atom stereocenters. The number of ketones is 4. The van der Waals surface area contributed by atoms with E-state index >= 15 is 19.2 Å². The van der Waals surface area contributed by atoms with Crippen molar-refractivity contribution in [1.82, 2.24) is 35.2 Å². The first-order valence-corrected chi connectivity index (χ1v) is 33.7. The molecule has 7 rings (SSSR count). The van der Waals surface area contributed by atoms with Crippen molar-refractivity contribution in [2.24, 2.45) is 59.2 Å². The van der Waals surface area contributed by atoms with Crippen LogP contribution in [0.2, 0.25) is 0 Å². The van der Waals surface area contributed by atoms with Gasteiger partial charge in [0.2, 0.25) is 29.1 Å². The predicted octanol–water partition coefficient (Wildman–Crippen LogP) is 6.46. The van der Waals surface area contributed by atoms with E-state index in [9.17, 15) is 43.2 Å². The van der Waals surface area contributed by atoms with Crippen LogP contribution in [-0.2, 0) is 57.4 Å². The number of benzene rings is 2. The number of ether oxygens (including phenoxy) is 2. The molecule has 0 radical (unpaired) electrons. The molecular weight excluding hydrogens is 1210 g/mol. The number of anilines is 1. The molecule has 0 saturated carbocycles. The second-order valence-corrected chi connectivity index (χ2v) is 27.4. The van der Waals surface area contributed by atoms with Crippen molar-refractivity contribution in [1.29, 1.82) is 0 Å². The predicted molar refractivity (Wildman–Crippen MR) is 349 cm³/mol. The van der Waals surface area contributed by atoms with E-state index in [1.54, 1.807) is 41.5 Å². The summed E-state index contributed by atoms with van der Waals surface area (Å²) in [7, 11) is 2.97. The molecule has 4 N–H and O–H groups in total. The van der Waals surface area contributed by atoms with E-state index < -0.39 is 196 Å². The Morgan fingerprint density at radius 1 is 0.596 bits per heavy atom. The molecule has 5 heterocycles. The van der Waals surface area contributed by atoms with Gasteiger partial charge in [0.1, 0.15) is 47.6 Å². The molecule has 1 aromatic carbocycles. The number of aryl methyl sites for hydroxylation is 1. The van der Waals surface area contributed by atoms with Gasteiger partial charge >= 0.3 is 11.9 Å². The number of hydrogen-bond acceptors (Lipinski definition) is 18. The SMILES string of the molecule is CCC(C)C1CC(=O)C(NC(=O)c2c3nc4c(C(=O)NC5C(=O)CC(C(C)CC)C(=O)N6CCCC6C(=O)N(C)CC(=O)C(C)C(C(C)CC)C(=O)OC5C)ccc(C)c4oc-3c(C)c(=O)c2N)C(C)OC(=O)C(C(C)CC)C(C)C(=O)CN(C)C(=O)C2CCCN2C1=O. The average molecular weight is 1310 g/mol. The van der Waals surface area contributed by atoms with Gasteiger partial charge in [-0.15, -0.1) is 0 Å². The second-order valence-electron chi connectivity index (χ2n) is 27.4. The van der Waals surface area contributed by atoms with Crippen LogP contribution in [0.15, 0.2) is 21.3 Å². The largest absolute Gasteiger partial charge is 0.460 e. The summed E-state index contributed by atoms with van der Waals surface area (Å²) in [6, 6.07) is -2.30. The number of nitrogens with zero attached hydrogens (tertiary/aromatic N) is 5. The molecule has 24 nitrogen and oxygen atoms in total. The van der Waals surface area contributed by atoms with Gasteiger partial charge in [-0.3, -0.25) is 62.3 Å². The Hall–Kier alpha value is -7.92. The number of carbonyl (C=O) groups excluding carboxylic acids is 12. The van der Waals surface area contributed by atoms with Crippen LogP contribution in [0.3, 0.4) is 0 Å². The lowest BCUT2D eigenvalue weighted by atomic mass is 9.79. The summed E-state index contributed by atoms with van der Waals surface area (Å²) in [5.74, 6) is -16.0. The number of likely N-dealkylation sites (N-methyl/N-ethyl adjacent to an activating group) is 2. The summed E-state index contributed by atoms with van der Waals surface area (Å²) < 4.78 is 18.8. The van der Waals surface area contributed by atoms with Gasteiger partial charge in [-0.25, -0.2) is 4.98 Å². The van der Waals surface area contributed by atoms with E-state index in [0.29, 0.717) is 56.9 Å². The minimum atomic E-state index is -1.75. The number of aromatic nitrogens is 1. The Morgan fingerprint density at radius 2 is 1.01 bits per heavy atom. The third-order valence-electron chi connectivity index (χ3n) is 21.2. The lowest BCUT2D eigenvalue weighted by molar-refractivity contribution is -0.162. The topological polar surface area (TPSA) is 329 Å². The van der Waals surface area contributed by atoms with Gasteiger partial charge in [-0.2, -0.15) is 0 Å². The third kappa shape index (κ3) is 14.9. The highest BCUT2D eigenvalue weighted by atomic mass is 16.5. The minimum Gasteiger partial charge on any atom is -0.460 e. The molecule has 0 aromatic heterocycles. The van der Waals surface area contributed by atoms with E-state index in [-0.39, 0.29) is 59.9 Å². The number of esters is 2. The number of nitrogen functional groups attached to an aromatic ring is 1. The van der Waals surface area contributed by atoms with Gasteiger partial charge in [-0.05, 0) is 88.7 Å². The van der Waals surface area contributed by atoms with Crippen LogP contribution in [0.1, 0.15) is 179 Å². The first-order valence-electron chi connectivity index (χ1n) is 33.7. The molecule has 4 fully saturated rings. The van der Waals surface area contributed by atoms with Crippen LogP contribution in [0, 0.1) is 73.0 Å². The molecule has 1 aliphatic carbocycles. The molecular formula is C70H98N8O16. The Morgan fingerprint density at radius 3 is 1.43 bits per heavy atom. The number of Topliss-reactive ketones (excluding diaryl/α,β-unsaturated/α-hetero) is 4. The highest BCUT2D eigenvalue weighted by Crippen LogP contribution is 2.38. The highest BCUT2D eigenvalue weighted by Gasteiger charge is 2.48. The summed E-state index contributed by atoms with van der Waals surface area (Å²) in [5.41, 5.74) is 4.06. The molecule has 6 aliphatic rings. The third-order valence-corrected chi connectivity index (χ3v) is 21.2. The van der Waals surface area contributed by atoms with Gasteiger partial charge < -0.3 is 49.9 Å². The summed E-state index contributed by atoms with van der Waals surface area (Å²) in [6.07, 6.45) is -0.448. The fraction of sp³-hybridized carbons (Fsp3) is 0.657. The second kappa shape index (κ2) is 30.7. The van der Waals surface area contributed by atoms with E-state index in [1.165, 1.54) is 66.6 Å². The number of nitrogens with two attached hydrogens (primary N) is 1. The maximum Gasteiger partial charge on any atom is 0.310 e. The fourth-order valence-electron chi connectivity index (χ4n) is 14.1. The van der Waals surface area contributed by atoms with Crippen LogP contribution in [0.25, 0.3) is 22.6 Å². The Kier molecular flexibility index (Phi) is 24.0. The Balaban J connectivity index is 1.34. The Labute approximate surface area is 550 Å². The number of fused-ring (bicyclic) bond motifs is 4. The van der Waals surface area contributed by atoms with Crippen molar-refractivity contribution >= 4 is 87.3 Å². The van der Waals surface area contributed by atoms with E-state index in [4.69, 9.17) is 24.6 Å². The van der Waals surface area contributed by atoms with Crippen LogP contribution in [-0.4, -0.2) is 172 Å². The molecule has 24 heteroatoms. The van der Waals surface area contributed by atoms with E-state index in [2.05, 4.69) is 10.6 Å². The zero-order valence-electron chi connectivity index (χ0n) is 57.6. The van der Waals surface area contributed by atoms with Gasteiger partial charge in [-0.1, -0.05) is 101 Å². The van der Waals surface area contributed by atoms with Crippen molar-refractivity contribution in [3.05, 3.63) is 44.6 Å². The zero-order chi connectivity index (χ0) is 69.8. The maximum atomic E-state index is 15.4. The average Bonchev–Trinajstić information content (AvgIpc) is 0.867. The Bertz CT molecular complexity index is 3490. The quantitative estimate of drug-likeness (QED) is 0.0995. The van der Waals surface area contributed by atoms with Crippen LogP contribution >= 0.6 is 0 Å². The van der Waals surface area contributed by atoms with Crippen LogP contribution < -0.4 is 21.8 Å². The van der Waals surface area contributed by atoms with Crippen LogP contribution in [0.4, 0.5) is 5.69 Å². The van der Waals surface area contributed by atoms with Crippen molar-refractivity contribution in [2.45, 2.75) is 198 Å². The van der Waals surface area contributed by atoms with Gasteiger partial charge in [0.05, 0.1) is 41.7 Å². The molecule has 16 atom stereocenters. The lowest BCUT2D eigenvalue weighted by Crippen LogP contribution is -2.54. The summed E-state index contributed by atoms with van der Waals surface area (Å²) in [4.78, 5) is 201. The summed E-state index contributed by atoms with van der Waals surface area (Å²) in [5, 5.41) is 5.47. The summed E-state index contributed by atoms with van der Waals surface area (Å²) >= 11 is 0. The smallest absolute Gasteiger partial charge is 0.310 e. The van der Waals surface area contributed by atoms with Gasteiger partial charge in [0.15, 0.2) is 34.5 Å². The molecule has 5 aliphatic heterocycles. The molecule has 6 amide bonds. The molecule has 4 saturated heterocycles. The molecule has 0 spiro atoms. The zero-order valence-corrected chi connectivity index (χ0v) is 57.6. The van der Waals surface area contributed by atoms with Gasteiger partial charge in [0.25, 0.3) is 11.8 Å². The lowest BCUT2D eigenvalue weighted by Gasteiger charge is -2.35. The number of rotatable bonds is 12. The van der Waals surface area contributed by atoms with Gasteiger partial charge in [0, 0.05) is 69.3 Å². The normalized spacial score (nSPS) is 28.5. The number of hydrogen-bond donors (Lipinski definition) is 3. The highest BCUT2D eigenvalue weighted by molar-refractivity contribution is 6.10. The fourth-order valence-corrected chi connectivity index (χ4v) is 14.1. The first kappa shape index (κ1) is 73.5. The molecule has 0 bridgehead atoms. The first-order chi connectivity index (χ1) is 44.3. The number of amides is 6. The number of nitrogens with one attached hydrogen (secondary N) is 2. The molecule has 1 aromatic rings. The minimum absolute atomic E-state index is 0.0356.